The van der Waals surface area contributed by atoms with Crippen molar-refractivity contribution < 1.29 is 9.52 Å². The normalized spacial score (nSPS) is 14.4. The Balaban J connectivity index is 2.28. The van der Waals surface area contributed by atoms with Crippen LogP contribution in [0.25, 0.3) is 10.8 Å². The second kappa shape index (κ2) is 4.52. The molecule has 0 amide bonds. The highest BCUT2D eigenvalue weighted by Gasteiger charge is 2.34. The van der Waals surface area contributed by atoms with Gasteiger partial charge in [-0.25, -0.2) is 0 Å². The summed E-state index contributed by atoms with van der Waals surface area (Å²) in [5.41, 5.74) is -0.361. The Bertz CT molecular complexity index is 686. The first kappa shape index (κ1) is 11.9. The van der Waals surface area contributed by atoms with Gasteiger partial charge in [0.05, 0.1) is 6.26 Å². The summed E-state index contributed by atoms with van der Waals surface area (Å²) in [5, 5.41) is 13.0. The van der Waals surface area contributed by atoms with Crippen LogP contribution in [-0.2, 0) is 5.60 Å². The molecule has 3 rings (SSSR count). The number of pyridine rings is 1. The Morgan fingerprint density at radius 2 is 2.00 bits per heavy atom. The lowest BCUT2D eigenvalue weighted by Crippen LogP contribution is -2.26. The van der Waals surface area contributed by atoms with Crippen LogP contribution in [0.2, 0.25) is 0 Å². The van der Waals surface area contributed by atoms with E-state index in [4.69, 9.17) is 4.42 Å². The molecule has 2 aromatic heterocycles. The Hall–Kier alpha value is -2.13. The van der Waals surface area contributed by atoms with Crippen molar-refractivity contribution in [2.75, 3.05) is 0 Å². The van der Waals surface area contributed by atoms with E-state index in [-0.39, 0.29) is 0 Å². The number of aromatic nitrogens is 1. The zero-order chi connectivity index (χ0) is 13.3. The summed E-state index contributed by atoms with van der Waals surface area (Å²) < 4.78 is 5.42. The SMILES string of the molecule is CCC(O)(c1ccco1)c1cncc2ccccc12. The molecule has 0 aliphatic rings. The van der Waals surface area contributed by atoms with Crippen LogP contribution >= 0.6 is 0 Å². The largest absolute Gasteiger partial charge is 0.466 e. The zero-order valence-electron chi connectivity index (χ0n) is 10.7. The van der Waals surface area contributed by atoms with Crippen LogP contribution < -0.4 is 0 Å². The molecule has 1 unspecified atom stereocenters. The van der Waals surface area contributed by atoms with Crippen molar-refractivity contribution in [3.05, 3.63) is 66.4 Å². The molecule has 19 heavy (non-hydrogen) atoms. The topological polar surface area (TPSA) is 46.3 Å². The molecule has 0 bridgehead atoms. The van der Waals surface area contributed by atoms with Gasteiger partial charge in [-0.2, -0.15) is 0 Å². The lowest BCUT2D eigenvalue weighted by Gasteiger charge is -2.26. The highest BCUT2D eigenvalue weighted by molar-refractivity contribution is 5.85. The van der Waals surface area contributed by atoms with Gasteiger partial charge in [0, 0.05) is 23.3 Å². The fourth-order valence-corrected chi connectivity index (χ4v) is 2.46. The van der Waals surface area contributed by atoms with Crippen molar-refractivity contribution in [1.29, 1.82) is 0 Å². The minimum atomic E-state index is -1.14. The molecule has 1 aromatic carbocycles. The Kier molecular flexibility index (Phi) is 2.84. The smallest absolute Gasteiger partial charge is 0.149 e. The fraction of sp³-hybridized carbons (Fsp3) is 0.188. The summed E-state index contributed by atoms with van der Waals surface area (Å²) in [5.74, 6) is 0.549. The number of rotatable bonds is 3. The molecule has 0 saturated carbocycles. The van der Waals surface area contributed by atoms with E-state index in [2.05, 4.69) is 4.98 Å². The minimum Gasteiger partial charge on any atom is -0.466 e. The number of furan rings is 1. The molecule has 0 aliphatic heterocycles. The maximum Gasteiger partial charge on any atom is 0.149 e. The fourth-order valence-electron chi connectivity index (χ4n) is 2.46. The van der Waals surface area contributed by atoms with Gasteiger partial charge in [0.25, 0.3) is 0 Å². The average molecular weight is 253 g/mol. The summed E-state index contributed by atoms with van der Waals surface area (Å²) in [6, 6.07) is 11.5. The first-order valence-electron chi connectivity index (χ1n) is 6.35. The molecule has 3 heteroatoms. The number of benzene rings is 1. The number of aliphatic hydroxyl groups is 1. The van der Waals surface area contributed by atoms with E-state index >= 15 is 0 Å². The standard InChI is InChI=1S/C16H15NO2/c1-2-16(18,15-8-5-9-19-15)14-11-17-10-12-6-3-4-7-13(12)14/h3-11,18H,2H2,1H3. The molecule has 3 nitrogen and oxygen atoms in total. The molecule has 0 fully saturated rings. The van der Waals surface area contributed by atoms with E-state index in [1.54, 1.807) is 30.8 Å². The lowest BCUT2D eigenvalue weighted by molar-refractivity contribution is 0.0539. The number of nitrogens with zero attached hydrogens (tertiary/aromatic N) is 1. The van der Waals surface area contributed by atoms with Gasteiger partial charge in [-0.15, -0.1) is 0 Å². The molecular formula is C16H15NO2. The summed E-state index contributed by atoms with van der Waals surface area (Å²) in [4.78, 5) is 4.24. The zero-order valence-corrected chi connectivity index (χ0v) is 10.7. The lowest BCUT2D eigenvalue weighted by atomic mass is 9.87. The molecule has 0 saturated heterocycles. The average Bonchev–Trinajstić information content (AvgIpc) is 3.00. The van der Waals surface area contributed by atoms with Crippen LogP contribution in [0.4, 0.5) is 0 Å². The molecule has 2 heterocycles. The van der Waals surface area contributed by atoms with E-state index in [0.717, 1.165) is 16.3 Å². The third kappa shape index (κ3) is 1.83. The molecule has 1 atom stereocenters. The quantitative estimate of drug-likeness (QED) is 0.777. The molecule has 96 valence electrons. The minimum absolute atomic E-state index is 0.524. The molecule has 3 aromatic rings. The van der Waals surface area contributed by atoms with Crippen molar-refractivity contribution in [3.8, 4) is 0 Å². The third-order valence-corrected chi connectivity index (χ3v) is 3.55. The van der Waals surface area contributed by atoms with E-state index in [1.165, 1.54) is 0 Å². The monoisotopic (exact) mass is 253 g/mol. The van der Waals surface area contributed by atoms with E-state index in [1.807, 2.05) is 31.2 Å². The first-order valence-corrected chi connectivity index (χ1v) is 6.35. The highest BCUT2D eigenvalue weighted by Crippen LogP contribution is 2.36. The molecule has 0 aliphatic carbocycles. The Morgan fingerprint density at radius 3 is 2.74 bits per heavy atom. The third-order valence-electron chi connectivity index (χ3n) is 3.55. The second-order valence-corrected chi connectivity index (χ2v) is 4.60. The highest BCUT2D eigenvalue weighted by atomic mass is 16.4. The van der Waals surface area contributed by atoms with Crippen LogP contribution in [0.3, 0.4) is 0 Å². The first-order chi connectivity index (χ1) is 9.25. The van der Waals surface area contributed by atoms with E-state index in [9.17, 15) is 5.11 Å². The van der Waals surface area contributed by atoms with Crippen molar-refractivity contribution >= 4 is 10.8 Å². The summed E-state index contributed by atoms with van der Waals surface area (Å²) in [6.45, 7) is 1.93. The predicted molar refractivity (Wildman–Crippen MR) is 73.7 cm³/mol. The molecule has 1 N–H and O–H groups in total. The molecular weight excluding hydrogens is 238 g/mol. The number of hydrogen-bond acceptors (Lipinski definition) is 3. The Morgan fingerprint density at radius 1 is 1.16 bits per heavy atom. The van der Waals surface area contributed by atoms with Gasteiger partial charge in [0.2, 0.25) is 0 Å². The van der Waals surface area contributed by atoms with Crippen LogP contribution in [-0.4, -0.2) is 10.1 Å². The van der Waals surface area contributed by atoms with Gasteiger partial charge in [0.15, 0.2) is 0 Å². The maximum atomic E-state index is 11.0. The second-order valence-electron chi connectivity index (χ2n) is 4.60. The van der Waals surface area contributed by atoms with Crippen molar-refractivity contribution in [1.82, 2.24) is 4.98 Å². The summed E-state index contributed by atoms with van der Waals surface area (Å²) in [6.07, 6.45) is 5.62. The molecule has 0 radical (unpaired) electrons. The van der Waals surface area contributed by atoms with Crippen LogP contribution in [0.15, 0.2) is 59.5 Å². The Labute approximate surface area is 111 Å². The summed E-state index contributed by atoms with van der Waals surface area (Å²) >= 11 is 0. The van der Waals surface area contributed by atoms with Crippen LogP contribution in [0, 0.1) is 0 Å². The van der Waals surface area contributed by atoms with Gasteiger partial charge in [-0.3, -0.25) is 4.98 Å². The molecule has 0 spiro atoms. The van der Waals surface area contributed by atoms with Gasteiger partial charge in [-0.1, -0.05) is 31.2 Å². The number of fused-ring (bicyclic) bond motifs is 1. The predicted octanol–water partition coefficient (Wildman–Crippen LogP) is 3.47. The van der Waals surface area contributed by atoms with Gasteiger partial charge < -0.3 is 9.52 Å². The summed E-state index contributed by atoms with van der Waals surface area (Å²) in [7, 11) is 0. The maximum absolute atomic E-state index is 11.0. The number of hydrogen-bond donors (Lipinski definition) is 1. The van der Waals surface area contributed by atoms with Crippen molar-refractivity contribution in [3.63, 3.8) is 0 Å². The van der Waals surface area contributed by atoms with Crippen molar-refractivity contribution in [2.45, 2.75) is 18.9 Å². The van der Waals surface area contributed by atoms with E-state index in [0.29, 0.717) is 12.2 Å². The van der Waals surface area contributed by atoms with Gasteiger partial charge in [0.1, 0.15) is 11.4 Å². The van der Waals surface area contributed by atoms with Gasteiger partial charge in [-0.05, 0) is 23.9 Å². The van der Waals surface area contributed by atoms with Crippen LogP contribution in [0.1, 0.15) is 24.7 Å². The van der Waals surface area contributed by atoms with Crippen molar-refractivity contribution in [2.24, 2.45) is 0 Å². The van der Waals surface area contributed by atoms with Crippen LogP contribution in [0.5, 0.6) is 0 Å². The van der Waals surface area contributed by atoms with Gasteiger partial charge >= 0.3 is 0 Å². The van der Waals surface area contributed by atoms with E-state index < -0.39 is 5.60 Å².